The Hall–Kier alpha value is -2.10. The SMILES string of the molecule is O=C(O)[C@@H]1[C@H]2C=C[C@@H]([C@@H]3C[C@@H]23)[C@H]1C(=O)Nc1ccc2c(c1)CCC2. The van der Waals surface area contributed by atoms with Crippen LogP contribution >= 0.6 is 0 Å². The fourth-order valence-electron chi connectivity index (χ4n) is 5.45. The topological polar surface area (TPSA) is 66.4 Å². The fraction of sp³-hybridized carbons (Fsp3) is 0.500. The molecule has 1 aromatic rings. The van der Waals surface area contributed by atoms with E-state index in [-0.39, 0.29) is 17.7 Å². The summed E-state index contributed by atoms with van der Waals surface area (Å²) in [7, 11) is 0. The van der Waals surface area contributed by atoms with Crippen molar-refractivity contribution >= 4 is 17.6 Å². The second kappa shape index (κ2) is 4.95. The van der Waals surface area contributed by atoms with Crippen molar-refractivity contribution in [3.05, 3.63) is 41.5 Å². The summed E-state index contributed by atoms with van der Waals surface area (Å²) in [6.45, 7) is 0. The standard InChI is InChI=1S/C20H21NO3/c22-19(21-12-5-4-10-2-1-3-11(10)8-12)17-13-6-7-14(16-9-15(13)16)18(17)20(23)24/h4-8,13-18H,1-3,9H2,(H,21,22)(H,23,24)/t13-,14-,15-,16-,17+,18+/m0/s1. The Balaban J connectivity index is 1.42. The van der Waals surface area contributed by atoms with Crippen molar-refractivity contribution in [2.75, 3.05) is 5.32 Å². The summed E-state index contributed by atoms with van der Waals surface area (Å²) in [5, 5.41) is 12.7. The molecule has 1 amide bonds. The molecule has 6 rings (SSSR count). The lowest BCUT2D eigenvalue weighted by atomic mass is 9.62. The largest absolute Gasteiger partial charge is 0.481 e. The minimum Gasteiger partial charge on any atom is -0.481 e. The third-order valence-electron chi connectivity index (χ3n) is 6.61. The van der Waals surface area contributed by atoms with E-state index < -0.39 is 17.8 Å². The second-order valence-electron chi connectivity index (χ2n) is 7.82. The van der Waals surface area contributed by atoms with Crippen LogP contribution in [0.1, 0.15) is 24.0 Å². The van der Waals surface area contributed by atoms with Crippen LogP contribution in [0.25, 0.3) is 0 Å². The van der Waals surface area contributed by atoms with E-state index in [4.69, 9.17) is 0 Å². The maximum Gasteiger partial charge on any atom is 0.307 e. The van der Waals surface area contributed by atoms with Crippen LogP contribution in [-0.4, -0.2) is 17.0 Å². The molecule has 6 atom stereocenters. The third-order valence-corrected chi connectivity index (χ3v) is 6.61. The van der Waals surface area contributed by atoms with Gasteiger partial charge in [0.25, 0.3) is 0 Å². The van der Waals surface area contributed by atoms with Gasteiger partial charge in [-0.25, -0.2) is 0 Å². The highest BCUT2D eigenvalue weighted by atomic mass is 16.4. The van der Waals surface area contributed by atoms with Gasteiger partial charge in [0.1, 0.15) is 0 Å². The molecule has 4 heteroatoms. The quantitative estimate of drug-likeness (QED) is 0.841. The number of hydrogen-bond donors (Lipinski definition) is 2. The number of allylic oxidation sites excluding steroid dienone is 2. The first kappa shape index (κ1) is 14.3. The van der Waals surface area contributed by atoms with Crippen molar-refractivity contribution in [2.45, 2.75) is 25.7 Å². The Bertz CT molecular complexity index is 768. The van der Waals surface area contributed by atoms with Crippen molar-refractivity contribution in [3.63, 3.8) is 0 Å². The highest BCUT2D eigenvalue weighted by Crippen LogP contribution is 2.63. The number of rotatable bonds is 3. The van der Waals surface area contributed by atoms with E-state index in [9.17, 15) is 14.7 Å². The van der Waals surface area contributed by atoms with Crippen molar-refractivity contribution < 1.29 is 14.7 Å². The van der Waals surface area contributed by atoms with E-state index in [2.05, 4.69) is 29.6 Å². The predicted octanol–water partition coefficient (Wildman–Crippen LogP) is 2.88. The summed E-state index contributed by atoms with van der Waals surface area (Å²) in [5.41, 5.74) is 3.49. The van der Waals surface area contributed by atoms with E-state index in [0.29, 0.717) is 11.8 Å². The number of anilines is 1. The lowest BCUT2D eigenvalue weighted by Gasteiger charge is -2.41. The predicted molar refractivity (Wildman–Crippen MR) is 89.4 cm³/mol. The fourth-order valence-corrected chi connectivity index (χ4v) is 5.45. The van der Waals surface area contributed by atoms with Gasteiger partial charge in [-0.1, -0.05) is 18.2 Å². The number of hydrogen-bond acceptors (Lipinski definition) is 2. The molecule has 5 aliphatic carbocycles. The Kier molecular flexibility index (Phi) is 2.94. The average Bonchev–Trinajstić information content (AvgIpc) is 3.28. The number of fused-ring (bicyclic) bond motifs is 2. The zero-order chi connectivity index (χ0) is 16.4. The lowest BCUT2D eigenvalue weighted by molar-refractivity contribution is -0.152. The molecule has 0 saturated heterocycles. The van der Waals surface area contributed by atoms with Gasteiger partial charge in [0.2, 0.25) is 5.91 Å². The first-order valence-corrected chi connectivity index (χ1v) is 8.97. The van der Waals surface area contributed by atoms with E-state index >= 15 is 0 Å². The Morgan fingerprint density at radius 2 is 1.71 bits per heavy atom. The molecule has 0 spiro atoms. The molecule has 0 unspecified atom stereocenters. The van der Waals surface area contributed by atoms with E-state index in [1.54, 1.807) is 0 Å². The van der Waals surface area contributed by atoms with Crippen LogP contribution in [0.15, 0.2) is 30.4 Å². The maximum atomic E-state index is 12.9. The molecule has 2 bridgehead atoms. The number of nitrogens with one attached hydrogen (secondary N) is 1. The number of carboxylic acid groups (broad SMARTS) is 1. The minimum atomic E-state index is -0.825. The normalized spacial score (nSPS) is 37.7. The number of carbonyl (C=O) groups excluding carboxylic acids is 1. The van der Waals surface area contributed by atoms with Crippen molar-refractivity contribution in [2.24, 2.45) is 35.5 Å². The third kappa shape index (κ3) is 1.98. The Labute approximate surface area is 140 Å². The van der Waals surface area contributed by atoms with Crippen LogP contribution in [0, 0.1) is 35.5 Å². The molecule has 0 aromatic heterocycles. The first-order valence-electron chi connectivity index (χ1n) is 8.97. The summed E-state index contributed by atoms with van der Waals surface area (Å²) >= 11 is 0. The molecule has 2 fully saturated rings. The van der Waals surface area contributed by atoms with Crippen molar-refractivity contribution in [1.29, 1.82) is 0 Å². The lowest BCUT2D eigenvalue weighted by Crippen LogP contribution is -2.48. The number of aliphatic carboxylic acids is 1. The zero-order valence-electron chi connectivity index (χ0n) is 13.4. The molecule has 24 heavy (non-hydrogen) atoms. The number of benzene rings is 1. The minimum absolute atomic E-state index is 0.0354. The number of carbonyl (C=O) groups is 2. The molecule has 4 nitrogen and oxygen atoms in total. The summed E-state index contributed by atoms with van der Waals surface area (Å²) in [6.07, 6.45) is 8.59. The molecule has 5 aliphatic rings. The van der Waals surface area contributed by atoms with Crippen molar-refractivity contribution in [1.82, 2.24) is 0 Å². The molecule has 0 aliphatic heterocycles. The van der Waals surface area contributed by atoms with Gasteiger partial charge >= 0.3 is 5.97 Å². The highest BCUT2D eigenvalue weighted by Gasteiger charge is 2.62. The monoisotopic (exact) mass is 323 g/mol. The van der Waals surface area contributed by atoms with Crippen LogP contribution in [-0.2, 0) is 22.4 Å². The Morgan fingerprint density at radius 1 is 1.00 bits per heavy atom. The molecule has 2 N–H and O–H groups in total. The van der Waals surface area contributed by atoms with Gasteiger partial charge in [-0.3, -0.25) is 9.59 Å². The summed E-state index contributed by atoms with van der Waals surface area (Å²) in [5.74, 6) is -0.813. The van der Waals surface area contributed by atoms with Crippen LogP contribution in [0.4, 0.5) is 5.69 Å². The van der Waals surface area contributed by atoms with Crippen LogP contribution in [0.5, 0.6) is 0 Å². The van der Waals surface area contributed by atoms with Gasteiger partial charge in [-0.05, 0) is 72.6 Å². The van der Waals surface area contributed by atoms with Crippen molar-refractivity contribution in [3.8, 4) is 0 Å². The zero-order valence-corrected chi connectivity index (χ0v) is 13.4. The molecule has 2 saturated carbocycles. The number of amides is 1. The van der Waals surface area contributed by atoms with E-state index in [1.807, 2.05) is 6.07 Å². The van der Waals surface area contributed by atoms with Crippen LogP contribution in [0.2, 0.25) is 0 Å². The average molecular weight is 323 g/mol. The molecule has 0 heterocycles. The summed E-state index contributed by atoms with van der Waals surface area (Å²) in [4.78, 5) is 24.7. The Morgan fingerprint density at radius 3 is 2.46 bits per heavy atom. The molecular weight excluding hydrogens is 302 g/mol. The van der Waals surface area contributed by atoms with Gasteiger partial charge < -0.3 is 10.4 Å². The van der Waals surface area contributed by atoms with Gasteiger partial charge in [0.15, 0.2) is 0 Å². The molecule has 1 aromatic carbocycles. The molecular formula is C20H21NO3. The van der Waals surface area contributed by atoms with Crippen LogP contribution in [0.3, 0.4) is 0 Å². The highest BCUT2D eigenvalue weighted by molar-refractivity contribution is 5.96. The van der Waals surface area contributed by atoms with Gasteiger partial charge in [0.05, 0.1) is 11.8 Å². The van der Waals surface area contributed by atoms with Gasteiger partial charge in [-0.2, -0.15) is 0 Å². The smallest absolute Gasteiger partial charge is 0.307 e. The second-order valence-corrected chi connectivity index (χ2v) is 7.82. The first-order chi connectivity index (χ1) is 11.6. The van der Waals surface area contributed by atoms with Gasteiger partial charge in [-0.15, -0.1) is 0 Å². The van der Waals surface area contributed by atoms with E-state index in [1.165, 1.54) is 17.5 Å². The van der Waals surface area contributed by atoms with Crippen LogP contribution < -0.4 is 5.32 Å². The number of carboxylic acids is 1. The van der Waals surface area contributed by atoms with E-state index in [0.717, 1.165) is 24.9 Å². The molecule has 124 valence electrons. The molecule has 0 radical (unpaired) electrons. The maximum absolute atomic E-state index is 12.9. The number of aryl methyl sites for hydroxylation is 2. The summed E-state index contributed by atoms with van der Waals surface area (Å²) < 4.78 is 0. The van der Waals surface area contributed by atoms with Gasteiger partial charge in [0, 0.05) is 5.69 Å². The summed E-state index contributed by atoms with van der Waals surface area (Å²) in [6, 6.07) is 6.11.